The first-order chi connectivity index (χ1) is 11.9. The summed E-state index contributed by atoms with van der Waals surface area (Å²) >= 11 is 0. The smallest absolute Gasteiger partial charge is 0.0512 e. The molecule has 3 heteroatoms. The first-order valence-corrected chi connectivity index (χ1v) is 11.1. The van der Waals surface area contributed by atoms with Gasteiger partial charge in [0, 0.05) is 30.1 Å². The van der Waals surface area contributed by atoms with Crippen LogP contribution in [0.25, 0.3) is 0 Å². The van der Waals surface area contributed by atoms with E-state index < -0.39 is 0 Å². The molecule has 6 rings (SSSR count). The van der Waals surface area contributed by atoms with Crippen molar-refractivity contribution >= 4 is 0 Å². The van der Waals surface area contributed by atoms with Gasteiger partial charge in [-0.05, 0) is 82.8 Å². The Bertz CT molecular complexity index is 507. The summed E-state index contributed by atoms with van der Waals surface area (Å²) in [6.07, 6.45) is 15.1. The molecule has 0 radical (unpaired) electrons. The zero-order valence-electron chi connectivity index (χ0n) is 15.3. The van der Waals surface area contributed by atoms with Crippen LogP contribution in [0, 0.1) is 17.3 Å². The van der Waals surface area contributed by atoms with Gasteiger partial charge in [0.1, 0.15) is 0 Å². The van der Waals surface area contributed by atoms with E-state index in [-0.39, 0.29) is 0 Å². The van der Waals surface area contributed by atoms with Gasteiger partial charge in [-0.3, -0.25) is 14.7 Å². The number of fused-ring (bicyclic) bond motifs is 4. The molecule has 5 heterocycles. The van der Waals surface area contributed by atoms with Crippen molar-refractivity contribution in [1.29, 1.82) is 0 Å². The second kappa shape index (κ2) is 5.44. The third-order valence-corrected chi connectivity index (χ3v) is 9.04. The normalized spacial score (nSPS) is 52.2. The second-order valence-corrected chi connectivity index (χ2v) is 10.1. The van der Waals surface area contributed by atoms with Crippen LogP contribution < -0.4 is 0 Å². The van der Waals surface area contributed by atoms with Crippen LogP contribution in [0.3, 0.4) is 0 Å². The minimum Gasteiger partial charge on any atom is -0.299 e. The SMILES string of the molecule is C1CCN2C[C@@]34C[C@@H](C[C@H]5CCCN(CN6CCCC[C@H]63)[C@@H]54)[C@H]2C1. The lowest BCUT2D eigenvalue weighted by molar-refractivity contribution is -0.215. The number of piperidine rings is 4. The summed E-state index contributed by atoms with van der Waals surface area (Å²) in [6, 6.07) is 2.81. The fourth-order valence-electron chi connectivity index (χ4n) is 8.53. The van der Waals surface area contributed by atoms with Gasteiger partial charge < -0.3 is 0 Å². The number of rotatable bonds is 0. The van der Waals surface area contributed by atoms with Gasteiger partial charge in [-0.1, -0.05) is 12.8 Å². The van der Waals surface area contributed by atoms with E-state index in [0.717, 1.165) is 30.0 Å². The molecule has 5 saturated heterocycles. The van der Waals surface area contributed by atoms with Crippen LogP contribution in [0.4, 0.5) is 0 Å². The first-order valence-electron chi connectivity index (χ1n) is 11.1. The monoisotopic (exact) mass is 329 g/mol. The summed E-state index contributed by atoms with van der Waals surface area (Å²) in [6.45, 7) is 6.94. The molecule has 2 bridgehead atoms. The van der Waals surface area contributed by atoms with Crippen LogP contribution in [-0.4, -0.2) is 65.7 Å². The van der Waals surface area contributed by atoms with Crippen molar-refractivity contribution in [3.05, 3.63) is 0 Å². The Labute approximate surface area is 147 Å². The average molecular weight is 330 g/mol. The lowest BCUT2D eigenvalue weighted by atomic mass is 9.51. The van der Waals surface area contributed by atoms with E-state index >= 15 is 0 Å². The van der Waals surface area contributed by atoms with Crippen molar-refractivity contribution in [2.24, 2.45) is 17.3 Å². The van der Waals surface area contributed by atoms with Crippen molar-refractivity contribution in [1.82, 2.24) is 14.7 Å². The largest absolute Gasteiger partial charge is 0.299 e. The molecule has 24 heavy (non-hydrogen) atoms. The Kier molecular flexibility index (Phi) is 3.40. The summed E-state index contributed by atoms with van der Waals surface area (Å²) in [4.78, 5) is 8.91. The van der Waals surface area contributed by atoms with Gasteiger partial charge in [-0.25, -0.2) is 0 Å². The van der Waals surface area contributed by atoms with Gasteiger partial charge in [0.05, 0.1) is 6.67 Å². The number of hydrogen-bond acceptors (Lipinski definition) is 3. The van der Waals surface area contributed by atoms with Crippen molar-refractivity contribution < 1.29 is 0 Å². The van der Waals surface area contributed by atoms with Crippen molar-refractivity contribution in [3.63, 3.8) is 0 Å². The fraction of sp³-hybridized carbons (Fsp3) is 1.00. The average Bonchev–Trinajstić information content (AvgIpc) is 2.62. The van der Waals surface area contributed by atoms with Crippen LogP contribution in [0.2, 0.25) is 0 Å². The van der Waals surface area contributed by atoms with E-state index in [0.29, 0.717) is 5.41 Å². The summed E-state index contributed by atoms with van der Waals surface area (Å²) in [5, 5.41) is 0. The molecule has 1 saturated carbocycles. The minimum atomic E-state index is 0.626. The van der Waals surface area contributed by atoms with Crippen LogP contribution >= 0.6 is 0 Å². The molecule has 134 valence electrons. The Balaban J connectivity index is 1.43. The summed E-state index contributed by atoms with van der Waals surface area (Å²) in [5.41, 5.74) is 0.626. The quantitative estimate of drug-likeness (QED) is 0.676. The second-order valence-electron chi connectivity index (χ2n) is 10.1. The van der Waals surface area contributed by atoms with Gasteiger partial charge >= 0.3 is 0 Å². The molecule has 1 aliphatic carbocycles. The molecule has 6 aliphatic rings. The highest BCUT2D eigenvalue weighted by atomic mass is 15.4. The Morgan fingerprint density at radius 2 is 1.54 bits per heavy atom. The van der Waals surface area contributed by atoms with Crippen molar-refractivity contribution in [2.45, 2.75) is 82.3 Å². The topological polar surface area (TPSA) is 9.72 Å². The maximum Gasteiger partial charge on any atom is 0.0512 e. The van der Waals surface area contributed by atoms with E-state index in [2.05, 4.69) is 14.7 Å². The predicted molar refractivity (Wildman–Crippen MR) is 96.8 cm³/mol. The van der Waals surface area contributed by atoms with E-state index in [4.69, 9.17) is 0 Å². The standard InChI is InChI=1S/C21H35N3/c1-3-9-22-14-21-13-17(18(22)7-1)12-16-6-5-11-24(20(16)21)15-23-10-4-2-8-19(21)23/h16-20H,1-15H2/t16-,17-,18-,19+,20+,21+/m1/s1. The minimum absolute atomic E-state index is 0.626. The fourth-order valence-corrected chi connectivity index (χ4v) is 8.53. The van der Waals surface area contributed by atoms with Crippen LogP contribution in [-0.2, 0) is 0 Å². The first kappa shape index (κ1) is 15.0. The van der Waals surface area contributed by atoms with E-state index in [1.807, 2.05) is 0 Å². The molecule has 5 aliphatic heterocycles. The van der Waals surface area contributed by atoms with E-state index in [1.54, 1.807) is 19.3 Å². The van der Waals surface area contributed by atoms with Crippen LogP contribution in [0.1, 0.15) is 64.2 Å². The van der Waals surface area contributed by atoms with Gasteiger partial charge in [-0.15, -0.1) is 0 Å². The maximum atomic E-state index is 3.00. The molecule has 0 aromatic rings. The van der Waals surface area contributed by atoms with E-state index in [9.17, 15) is 0 Å². The van der Waals surface area contributed by atoms with Crippen molar-refractivity contribution in [3.8, 4) is 0 Å². The number of hydrogen-bond donors (Lipinski definition) is 0. The lowest BCUT2D eigenvalue weighted by Crippen LogP contribution is -2.77. The van der Waals surface area contributed by atoms with Gasteiger partial charge in [0.25, 0.3) is 0 Å². The molecule has 0 aromatic carbocycles. The summed E-state index contributed by atoms with van der Waals surface area (Å²) in [7, 11) is 0. The maximum absolute atomic E-state index is 3.00. The molecule has 0 aromatic heterocycles. The Morgan fingerprint density at radius 1 is 0.708 bits per heavy atom. The third-order valence-electron chi connectivity index (χ3n) is 9.04. The molecule has 1 spiro atoms. The molecule has 6 fully saturated rings. The Morgan fingerprint density at radius 3 is 2.50 bits per heavy atom. The predicted octanol–water partition coefficient (Wildman–Crippen LogP) is 3.16. The Hall–Kier alpha value is -0.120. The molecule has 6 atom stereocenters. The zero-order valence-corrected chi connectivity index (χ0v) is 15.3. The molecule has 0 unspecified atom stereocenters. The highest BCUT2D eigenvalue weighted by molar-refractivity contribution is 5.16. The van der Waals surface area contributed by atoms with Gasteiger partial charge in [0.15, 0.2) is 0 Å². The zero-order chi connectivity index (χ0) is 15.7. The molecule has 0 N–H and O–H groups in total. The lowest BCUT2D eigenvalue weighted by Gasteiger charge is -2.70. The van der Waals surface area contributed by atoms with Crippen molar-refractivity contribution in [2.75, 3.05) is 32.8 Å². The van der Waals surface area contributed by atoms with E-state index in [1.165, 1.54) is 77.8 Å². The summed E-state index contributed by atoms with van der Waals surface area (Å²) < 4.78 is 0. The third kappa shape index (κ3) is 1.95. The van der Waals surface area contributed by atoms with Crippen LogP contribution in [0.5, 0.6) is 0 Å². The molecular weight excluding hydrogens is 294 g/mol. The number of nitrogens with zero attached hydrogens (tertiary/aromatic N) is 3. The van der Waals surface area contributed by atoms with Crippen LogP contribution in [0.15, 0.2) is 0 Å². The molecule has 3 nitrogen and oxygen atoms in total. The van der Waals surface area contributed by atoms with Gasteiger partial charge in [-0.2, -0.15) is 0 Å². The highest BCUT2D eigenvalue weighted by Gasteiger charge is 2.63. The molecule has 0 amide bonds. The van der Waals surface area contributed by atoms with Gasteiger partial charge in [0.2, 0.25) is 0 Å². The highest BCUT2D eigenvalue weighted by Crippen LogP contribution is 2.59. The molecular formula is C21H35N3. The summed E-state index contributed by atoms with van der Waals surface area (Å²) in [5.74, 6) is 2.06.